The van der Waals surface area contributed by atoms with E-state index in [4.69, 9.17) is 0 Å². The summed E-state index contributed by atoms with van der Waals surface area (Å²) in [5, 5.41) is 8.04. The number of nitrogens with one attached hydrogen (secondary N) is 3. The molecular formula is C16H18N4O2. The summed E-state index contributed by atoms with van der Waals surface area (Å²) in [5.74, 6) is -0.132. The lowest BCUT2D eigenvalue weighted by Gasteiger charge is -2.08. The first-order valence-corrected chi connectivity index (χ1v) is 6.91. The fraction of sp³-hybridized carbons (Fsp3) is 0.188. The van der Waals surface area contributed by atoms with Gasteiger partial charge in [0, 0.05) is 25.4 Å². The quantitative estimate of drug-likeness (QED) is 0.781. The number of amides is 3. The van der Waals surface area contributed by atoms with Gasteiger partial charge in [0.05, 0.1) is 12.2 Å². The van der Waals surface area contributed by atoms with E-state index in [9.17, 15) is 9.59 Å². The van der Waals surface area contributed by atoms with E-state index in [-0.39, 0.29) is 11.9 Å². The summed E-state index contributed by atoms with van der Waals surface area (Å²) in [5.41, 5.74) is 2.30. The first kappa shape index (κ1) is 15.5. The van der Waals surface area contributed by atoms with E-state index in [2.05, 4.69) is 20.9 Å². The van der Waals surface area contributed by atoms with Crippen molar-refractivity contribution in [2.75, 3.05) is 7.05 Å². The second kappa shape index (κ2) is 7.78. The van der Waals surface area contributed by atoms with Crippen LogP contribution in [0, 0.1) is 0 Å². The van der Waals surface area contributed by atoms with Crippen molar-refractivity contribution in [1.29, 1.82) is 0 Å². The third-order valence-corrected chi connectivity index (χ3v) is 3.05. The van der Waals surface area contributed by atoms with Gasteiger partial charge in [-0.2, -0.15) is 0 Å². The molecule has 0 atom stereocenters. The molecule has 2 rings (SSSR count). The number of benzene rings is 1. The molecular weight excluding hydrogens is 280 g/mol. The zero-order valence-corrected chi connectivity index (χ0v) is 12.3. The Morgan fingerprint density at radius 3 is 2.36 bits per heavy atom. The van der Waals surface area contributed by atoms with E-state index in [1.807, 2.05) is 30.3 Å². The smallest absolute Gasteiger partial charge is 0.315 e. The molecule has 6 heteroatoms. The molecule has 0 aliphatic heterocycles. The van der Waals surface area contributed by atoms with Gasteiger partial charge < -0.3 is 16.0 Å². The van der Waals surface area contributed by atoms with Gasteiger partial charge in [-0.3, -0.25) is 9.78 Å². The largest absolute Gasteiger partial charge is 0.355 e. The van der Waals surface area contributed by atoms with Gasteiger partial charge in [-0.25, -0.2) is 4.79 Å². The van der Waals surface area contributed by atoms with Crippen LogP contribution in [0.5, 0.6) is 0 Å². The number of urea groups is 1. The highest BCUT2D eigenvalue weighted by Crippen LogP contribution is 2.04. The Kier molecular flexibility index (Phi) is 5.48. The molecule has 0 bridgehead atoms. The van der Waals surface area contributed by atoms with E-state index in [0.717, 1.165) is 11.3 Å². The Hall–Kier alpha value is -2.89. The second-order valence-corrected chi connectivity index (χ2v) is 4.63. The van der Waals surface area contributed by atoms with Crippen LogP contribution >= 0.6 is 0 Å². The average molecular weight is 298 g/mol. The van der Waals surface area contributed by atoms with Gasteiger partial charge in [-0.15, -0.1) is 0 Å². The standard InChI is InChI=1S/C16H18N4O2/c1-17-15(21)13-7-5-12(6-8-13)10-19-16(22)20-11-14-4-2-3-9-18-14/h2-9H,10-11H2,1H3,(H,17,21)(H2,19,20,22). The number of nitrogens with zero attached hydrogens (tertiary/aromatic N) is 1. The van der Waals surface area contributed by atoms with Crippen LogP contribution in [-0.4, -0.2) is 24.0 Å². The highest BCUT2D eigenvalue weighted by molar-refractivity contribution is 5.93. The SMILES string of the molecule is CNC(=O)c1ccc(CNC(=O)NCc2ccccn2)cc1. The predicted octanol–water partition coefficient (Wildman–Crippen LogP) is 1.44. The molecule has 3 amide bonds. The first-order valence-electron chi connectivity index (χ1n) is 6.91. The van der Waals surface area contributed by atoms with E-state index in [1.54, 1.807) is 25.4 Å². The van der Waals surface area contributed by atoms with Gasteiger partial charge >= 0.3 is 6.03 Å². The molecule has 0 fully saturated rings. The molecule has 2 aromatic rings. The highest BCUT2D eigenvalue weighted by atomic mass is 16.2. The number of carbonyl (C=O) groups excluding carboxylic acids is 2. The molecule has 0 aliphatic rings. The van der Waals surface area contributed by atoms with Crippen molar-refractivity contribution in [1.82, 2.24) is 20.9 Å². The van der Waals surface area contributed by atoms with Crippen molar-refractivity contribution >= 4 is 11.9 Å². The van der Waals surface area contributed by atoms with Gasteiger partial charge in [0.2, 0.25) is 0 Å². The molecule has 1 aromatic carbocycles. The predicted molar refractivity (Wildman–Crippen MR) is 83.1 cm³/mol. The fourth-order valence-corrected chi connectivity index (χ4v) is 1.84. The Labute approximate surface area is 129 Å². The van der Waals surface area contributed by atoms with Crippen molar-refractivity contribution in [3.05, 3.63) is 65.5 Å². The van der Waals surface area contributed by atoms with Gasteiger partial charge in [-0.1, -0.05) is 18.2 Å². The van der Waals surface area contributed by atoms with Crippen LogP contribution in [0.2, 0.25) is 0 Å². The summed E-state index contributed by atoms with van der Waals surface area (Å²) in [6.07, 6.45) is 1.68. The molecule has 0 saturated carbocycles. The van der Waals surface area contributed by atoms with Crippen molar-refractivity contribution in [3.63, 3.8) is 0 Å². The minimum absolute atomic E-state index is 0.132. The molecule has 0 unspecified atom stereocenters. The minimum atomic E-state index is -0.263. The van der Waals surface area contributed by atoms with Crippen LogP contribution < -0.4 is 16.0 Å². The van der Waals surface area contributed by atoms with Gasteiger partial charge in [0.25, 0.3) is 5.91 Å². The summed E-state index contributed by atoms with van der Waals surface area (Å²) >= 11 is 0. The molecule has 6 nitrogen and oxygen atoms in total. The minimum Gasteiger partial charge on any atom is -0.355 e. The Bertz CT molecular complexity index is 626. The summed E-state index contributed by atoms with van der Waals surface area (Å²) in [4.78, 5) is 27.2. The average Bonchev–Trinajstić information content (AvgIpc) is 2.58. The number of aromatic nitrogens is 1. The van der Waals surface area contributed by atoms with Crippen molar-refractivity contribution in [3.8, 4) is 0 Å². The van der Waals surface area contributed by atoms with E-state index < -0.39 is 0 Å². The summed E-state index contributed by atoms with van der Waals surface area (Å²) in [7, 11) is 1.59. The second-order valence-electron chi connectivity index (χ2n) is 4.63. The van der Waals surface area contributed by atoms with Gasteiger partial charge in [0.15, 0.2) is 0 Å². The maximum atomic E-state index is 11.7. The van der Waals surface area contributed by atoms with Gasteiger partial charge in [0.1, 0.15) is 0 Å². The van der Waals surface area contributed by atoms with Gasteiger partial charge in [-0.05, 0) is 29.8 Å². The summed E-state index contributed by atoms with van der Waals surface area (Å²) in [6.45, 7) is 0.768. The molecule has 0 aliphatic carbocycles. The lowest BCUT2D eigenvalue weighted by atomic mass is 10.1. The first-order chi connectivity index (χ1) is 10.7. The summed E-state index contributed by atoms with van der Waals surface area (Å²) < 4.78 is 0. The number of pyridine rings is 1. The highest BCUT2D eigenvalue weighted by Gasteiger charge is 2.04. The van der Waals surface area contributed by atoms with Crippen molar-refractivity contribution in [2.24, 2.45) is 0 Å². The number of hydrogen-bond donors (Lipinski definition) is 3. The fourth-order valence-electron chi connectivity index (χ4n) is 1.84. The Balaban J connectivity index is 1.77. The zero-order valence-electron chi connectivity index (χ0n) is 12.3. The third kappa shape index (κ3) is 4.59. The van der Waals surface area contributed by atoms with Crippen LogP contribution in [0.4, 0.5) is 4.79 Å². The van der Waals surface area contributed by atoms with Crippen molar-refractivity contribution in [2.45, 2.75) is 13.1 Å². The van der Waals surface area contributed by atoms with E-state index in [0.29, 0.717) is 18.7 Å². The normalized spacial score (nSPS) is 9.86. The molecule has 0 saturated heterocycles. The molecule has 22 heavy (non-hydrogen) atoms. The Morgan fingerprint density at radius 1 is 1.00 bits per heavy atom. The van der Waals surface area contributed by atoms with E-state index >= 15 is 0 Å². The topological polar surface area (TPSA) is 83.1 Å². The van der Waals surface area contributed by atoms with Crippen molar-refractivity contribution < 1.29 is 9.59 Å². The monoisotopic (exact) mass is 298 g/mol. The molecule has 0 spiro atoms. The van der Waals surface area contributed by atoms with Crippen LogP contribution in [-0.2, 0) is 13.1 Å². The van der Waals surface area contributed by atoms with Crippen LogP contribution in [0.15, 0.2) is 48.7 Å². The maximum absolute atomic E-state index is 11.7. The molecule has 1 heterocycles. The van der Waals surface area contributed by atoms with Crippen LogP contribution in [0.3, 0.4) is 0 Å². The summed E-state index contributed by atoms with van der Waals surface area (Å²) in [6, 6.07) is 12.3. The molecule has 0 radical (unpaired) electrons. The van der Waals surface area contributed by atoms with E-state index in [1.165, 1.54) is 0 Å². The van der Waals surface area contributed by atoms with Crippen LogP contribution in [0.25, 0.3) is 0 Å². The molecule has 1 aromatic heterocycles. The molecule has 3 N–H and O–H groups in total. The number of hydrogen-bond acceptors (Lipinski definition) is 3. The lowest BCUT2D eigenvalue weighted by molar-refractivity contribution is 0.0963. The van der Waals surface area contributed by atoms with Crippen LogP contribution in [0.1, 0.15) is 21.6 Å². The Morgan fingerprint density at radius 2 is 1.73 bits per heavy atom. The lowest BCUT2D eigenvalue weighted by Crippen LogP contribution is -2.34. The number of carbonyl (C=O) groups is 2. The number of rotatable bonds is 5. The zero-order chi connectivity index (χ0) is 15.8. The maximum Gasteiger partial charge on any atom is 0.315 e. The third-order valence-electron chi connectivity index (χ3n) is 3.05. The molecule has 114 valence electrons.